The predicted octanol–water partition coefficient (Wildman–Crippen LogP) is 3.77. The Hall–Kier alpha value is -0.530. The van der Waals surface area contributed by atoms with Crippen LogP contribution in [0.15, 0.2) is 0 Å². The Morgan fingerprint density at radius 1 is 1.19 bits per heavy atom. The third-order valence-electron chi connectivity index (χ3n) is 3.74. The molecule has 16 heavy (non-hydrogen) atoms. The summed E-state index contributed by atoms with van der Waals surface area (Å²) in [5.41, 5.74) is -0.00231. The summed E-state index contributed by atoms with van der Waals surface area (Å²) in [4.78, 5) is 2.29. The van der Waals surface area contributed by atoms with E-state index in [1.165, 1.54) is 19.3 Å². The fourth-order valence-corrected chi connectivity index (χ4v) is 2.49. The van der Waals surface area contributed by atoms with Gasteiger partial charge in [0.15, 0.2) is 0 Å². The van der Waals surface area contributed by atoms with Gasteiger partial charge in [-0.15, -0.1) is 0 Å². The molecule has 1 rings (SSSR count). The fourth-order valence-electron chi connectivity index (χ4n) is 2.49. The Morgan fingerprint density at radius 3 is 2.31 bits per heavy atom. The molecule has 1 saturated heterocycles. The van der Waals surface area contributed by atoms with Crippen LogP contribution in [0.4, 0.5) is 0 Å². The maximum atomic E-state index is 8.23. The Bertz CT molecular complexity index is 238. The molecule has 0 aromatic rings. The van der Waals surface area contributed by atoms with Crippen molar-refractivity contribution in [2.24, 2.45) is 17.3 Å². The van der Waals surface area contributed by atoms with Gasteiger partial charge in [-0.25, -0.2) is 0 Å². The average molecular weight is 224 g/mol. The lowest BCUT2D eigenvalue weighted by Gasteiger charge is -2.31. The van der Waals surface area contributed by atoms with Crippen LogP contribution in [-0.2, 0) is 0 Å². The van der Waals surface area contributed by atoms with Gasteiger partial charge in [0.05, 0.1) is 0 Å². The first-order valence-corrected chi connectivity index (χ1v) is 6.66. The normalized spacial score (nSPS) is 23.4. The molecule has 0 aromatic carbocycles. The van der Waals surface area contributed by atoms with Crippen LogP contribution in [0, 0.1) is 22.7 Å². The lowest BCUT2D eigenvalue weighted by atomic mass is 9.89. The molecule has 1 unspecified atom stereocenters. The molecule has 0 aliphatic carbocycles. The van der Waals surface area contributed by atoms with Gasteiger partial charge < -0.3 is 4.90 Å². The summed E-state index contributed by atoms with van der Waals surface area (Å²) in [5, 5.41) is 8.23. The molecule has 94 valence electrons. The molecule has 2 heteroatoms. The number of hydrogen-bond acceptors (Lipinski definition) is 1. The van der Waals surface area contributed by atoms with E-state index in [9.17, 15) is 0 Å². The van der Waals surface area contributed by atoms with E-state index in [0.717, 1.165) is 30.8 Å². The molecule has 1 fully saturated rings. The first-order valence-electron chi connectivity index (χ1n) is 6.66. The van der Waals surface area contributed by atoms with Gasteiger partial charge in [-0.1, -0.05) is 34.6 Å². The highest BCUT2D eigenvalue weighted by Gasteiger charge is 2.26. The van der Waals surface area contributed by atoms with Crippen LogP contribution in [0.2, 0.25) is 0 Å². The van der Waals surface area contributed by atoms with Crippen LogP contribution in [0.3, 0.4) is 0 Å². The molecule has 0 saturated carbocycles. The highest BCUT2D eigenvalue weighted by Crippen LogP contribution is 2.27. The lowest BCUT2D eigenvalue weighted by Crippen LogP contribution is -2.39. The summed E-state index contributed by atoms with van der Waals surface area (Å²) >= 11 is 0. The number of hydrogen-bond donors (Lipinski definition) is 1. The molecular weight excluding hydrogens is 196 g/mol. The molecular formula is C14H28N2. The van der Waals surface area contributed by atoms with Crippen molar-refractivity contribution in [3.8, 4) is 0 Å². The third kappa shape index (κ3) is 3.50. The van der Waals surface area contributed by atoms with Crippen molar-refractivity contribution >= 4 is 5.84 Å². The van der Waals surface area contributed by atoms with E-state index in [-0.39, 0.29) is 5.41 Å². The van der Waals surface area contributed by atoms with Crippen molar-refractivity contribution in [1.29, 1.82) is 5.41 Å². The predicted molar refractivity (Wildman–Crippen MR) is 70.9 cm³/mol. The third-order valence-corrected chi connectivity index (χ3v) is 3.74. The zero-order valence-corrected chi connectivity index (χ0v) is 11.6. The van der Waals surface area contributed by atoms with Crippen molar-refractivity contribution in [2.45, 2.75) is 53.9 Å². The minimum atomic E-state index is -0.00231. The summed E-state index contributed by atoms with van der Waals surface area (Å²) in [7, 11) is 0. The molecule has 0 bridgehead atoms. The van der Waals surface area contributed by atoms with Crippen LogP contribution in [0.5, 0.6) is 0 Å². The smallest absolute Gasteiger partial charge is 0.101 e. The van der Waals surface area contributed by atoms with Crippen LogP contribution in [0.25, 0.3) is 0 Å². The van der Waals surface area contributed by atoms with E-state index >= 15 is 0 Å². The average Bonchev–Trinajstić information content (AvgIpc) is 2.39. The fraction of sp³-hybridized carbons (Fsp3) is 0.929. The second-order valence-electron chi connectivity index (χ2n) is 6.52. The quantitative estimate of drug-likeness (QED) is 0.533. The van der Waals surface area contributed by atoms with Crippen molar-refractivity contribution < 1.29 is 0 Å². The van der Waals surface area contributed by atoms with Crippen molar-refractivity contribution in [2.75, 3.05) is 13.1 Å². The minimum Gasteiger partial charge on any atom is -0.360 e. The molecule has 0 aromatic heterocycles. The lowest BCUT2D eigenvalue weighted by molar-refractivity contribution is 0.331. The Morgan fingerprint density at radius 2 is 1.81 bits per heavy atom. The summed E-state index contributed by atoms with van der Waals surface area (Å²) in [6, 6.07) is 0. The zero-order chi connectivity index (χ0) is 12.3. The van der Waals surface area contributed by atoms with Crippen molar-refractivity contribution in [1.82, 2.24) is 4.90 Å². The van der Waals surface area contributed by atoms with Crippen molar-refractivity contribution in [3.05, 3.63) is 0 Å². The molecule has 2 nitrogen and oxygen atoms in total. The molecule has 1 aliphatic rings. The summed E-state index contributed by atoms with van der Waals surface area (Å²) in [6.45, 7) is 13.2. The first-order chi connectivity index (χ1) is 7.32. The highest BCUT2D eigenvalue weighted by atomic mass is 15.2. The van der Waals surface area contributed by atoms with Crippen molar-refractivity contribution in [3.63, 3.8) is 0 Å². The van der Waals surface area contributed by atoms with Gasteiger partial charge in [0.1, 0.15) is 5.84 Å². The maximum absolute atomic E-state index is 8.23. The van der Waals surface area contributed by atoms with Crippen LogP contribution in [0.1, 0.15) is 53.9 Å². The largest absolute Gasteiger partial charge is 0.360 e. The first kappa shape index (κ1) is 13.5. The standard InChI is InChI=1S/C14H28N2/c1-11(2)12-7-6-9-16(10-8-12)13(15)14(3,4)5/h11-12,15H,6-10H2,1-5H3. The molecule has 1 heterocycles. The van der Waals surface area contributed by atoms with Gasteiger partial charge in [0.25, 0.3) is 0 Å². The number of nitrogens with zero attached hydrogens (tertiary/aromatic N) is 1. The molecule has 0 spiro atoms. The topological polar surface area (TPSA) is 27.1 Å². The number of amidine groups is 1. The minimum absolute atomic E-state index is 0.00231. The summed E-state index contributed by atoms with van der Waals surface area (Å²) in [6.07, 6.45) is 3.85. The number of rotatable bonds is 1. The molecule has 1 N–H and O–H groups in total. The van der Waals surface area contributed by atoms with E-state index < -0.39 is 0 Å². The zero-order valence-electron chi connectivity index (χ0n) is 11.6. The van der Waals surface area contributed by atoms with E-state index in [4.69, 9.17) is 5.41 Å². The number of likely N-dealkylation sites (tertiary alicyclic amines) is 1. The highest BCUT2D eigenvalue weighted by molar-refractivity contribution is 5.84. The van der Waals surface area contributed by atoms with Gasteiger partial charge in [-0.2, -0.15) is 0 Å². The second kappa shape index (κ2) is 5.20. The maximum Gasteiger partial charge on any atom is 0.101 e. The molecule has 0 amide bonds. The second-order valence-corrected chi connectivity index (χ2v) is 6.52. The van der Waals surface area contributed by atoms with E-state index in [2.05, 4.69) is 39.5 Å². The van der Waals surface area contributed by atoms with Gasteiger partial charge >= 0.3 is 0 Å². The van der Waals surface area contributed by atoms with E-state index in [1.807, 2.05) is 0 Å². The Balaban J connectivity index is 2.57. The van der Waals surface area contributed by atoms with Crippen LogP contribution < -0.4 is 0 Å². The summed E-state index contributed by atoms with van der Waals surface area (Å²) in [5.74, 6) is 2.47. The Kier molecular flexibility index (Phi) is 4.40. The van der Waals surface area contributed by atoms with Crippen LogP contribution >= 0.6 is 0 Å². The van der Waals surface area contributed by atoms with Gasteiger partial charge in [0, 0.05) is 18.5 Å². The van der Waals surface area contributed by atoms with Gasteiger partial charge in [0.2, 0.25) is 0 Å². The molecule has 0 radical (unpaired) electrons. The Labute approximate surface area is 101 Å². The SMILES string of the molecule is CC(C)C1CCCN(C(=N)C(C)(C)C)CC1. The summed E-state index contributed by atoms with van der Waals surface area (Å²) < 4.78 is 0. The van der Waals surface area contributed by atoms with Gasteiger partial charge in [-0.3, -0.25) is 5.41 Å². The number of nitrogens with one attached hydrogen (secondary N) is 1. The van der Waals surface area contributed by atoms with E-state index in [1.54, 1.807) is 0 Å². The molecule has 1 atom stereocenters. The van der Waals surface area contributed by atoms with E-state index in [0.29, 0.717) is 0 Å². The molecule has 1 aliphatic heterocycles. The van der Waals surface area contributed by atoms with Crippen LogP contribution in [-0.4, -0.2) is 23.8 Å². The monoisotopic (exact) mass is 224 g/mol. The van der Waals surface area contributed by atoms with Gasteiger partial charge in [-0.05, 0) is 31.1 Å².